The second-order valence-corrected chi connectivity index (χ2v) is 4.93. The first-order valence-electron chi connectivity index (χ1n) is 5.80. The number of nitrogens with one attached hydrogen (secondary N) is 1. The first-order valence-corrected chi connectivity index (χ1v) is 6.21. The first kappa shape index (κ1) is 15.4. The number of amides is 1. The summed E-state index contributed by atoms with van der Waals surface area (Å²) in [5.41, 5.74) is 5.99. The quantitative estimate of drug-likeness (QED) is 0.815. The fourth-order valence-corrected chi connectivity index (χ4v) is 2.10. The van der Waals surface area contributed by atoms with Crippen LogP contribution < -0.4 is 15.8 Å². The summed E-state index contributed by atoms with van der Waals surface area (Å²) < 4.78 is 18.1. The molecule has 0 spiro atoms. The lowest BCUT2D eigenvalue weighted by Gasteiger charge is -2.19. The van der Waals surface area contributed by atoms with Gasteiger partial charge < -0.3 is 15.8 Å². The van der Waals surface area contributed by atoms with E-state index in [2.05, 4.69) is 5.32 Å². The lowest BCUT2D eigenvalue weighted by molar-refractivity contribution is -0.118. The third kappa shape index (κ3) is 3.89. The minimum atomic E-state index is -0.564. The molecule has 0 fully saturated rings. The summed E-state index contributed by atoms with van der Waals surface area (Å²) in [7, 11) is 1.36. The van der Waals surface area contributed by atoms with Crippen LogP contribution in [0.1, 0.15) is 13.8 Å². The highest BCUT2D eigenvalue weighted by molar-refractivity contribution is 7.80. The third-order valence-electron chi connectivity index (χ3n) is 2.67. The SMILES string of the molecule is COc1cc(NC(=O)C(C(N)=S)C(C)C)ccc1F. The predicted molar refractivity (Wildman–Crippen MR) is 76.7 cm³/mol. The number of carbonyl (C=O) groups excluding carboxylic acids is 1. The number of halogens is 1. The fourth-order valence-electron chi connectivity index (χ4n) is 1.72. The summed E-state index contributed by atoms with van der Waals surface area (Å²) in [6.45, 7) is 3.71. The summed E-state index contributed by atoms with van der Waals surface area (Å²) in [5, 5.41) is 2.65. The zero-order valence-electron chi connectivity index (χ0n) is 11.1. The van der Waals surface area contributed by atoms with Crippen molar-refractivity contribution in [3.8, 4) is 5.75 Å². The highest BCUT2D eigenvalue weighted by Crippen LogP contribution is 2.22. The second kappa shape index (κ2) is 6.47. The normalized spacial score (nSPS) is 12.1. The van der Waals surface area contributed by atoms with Gasteiger partial charge in [-0.25, -0.2) is 4.39 Å². The van der Waals surface area contributed by atoms with Gasteiger partial charge in [0.1, 0.15) is 0 Å². The minimum Gasteiger partial charge on any atom is -0.494 e. The Kier molecular flexibility index (Phi) is 5.23. The summed E-state index contributed by atoms with van der Waals surface area (Å²) in [4.78, 5) is 12.2. The molecule has 1 amide bonds. The number of ether oxygens (including phenoxy) is 1. The summed E-state index contributed by atoms with van der Waals surface area (Å²) in [6.07, 6.45) is 0. The number of thiocarbonyl (C=S) groups is 1. The molecule has 0 radical (unpaired) electrons. The number of benzene rings is 1. The van der Waals surface area contributed by atoms with Crippen LogP contribution in [0.4, 0.5) is 10.1 Å². The van der Waals surface area contributed by atoms with Crippen LogP contribution in [-0.2, 0) is 4.79 Å². The molecule has 4 nitrogen and oxygen atoms in total. The molecule has 0 heterocycles. The molecule has 0 aromatic heterocycles. The number of hydrogen-bond acceptors (Lipinski definition) is 3. The van der Waals surface area contributed by atoms with E-state index in [4.69, 9.17) is 22.7 Å². The van der Waals surface area contributed by atoms with Gasteiger partial charge in [-0.05, 0) is 18.1 Å². The molecule has 0 saturated heterocycles. The highest BCUT2D eigenvalue weighted by atomic mass is 32.1. The number of anilines is 1. The molecule has 0 bridgehead atoms. The molecule has 1 rings (SSSR count). The van der Waals surface area contributed by atoms with Crippen LogP contribution in [0, 0.1) is 17.7 Å². The van der Waals surface area contributed by atoms with E-state index in [-0.39, 0.29) is 22.6 Å². The maximum Gasteiger partial charge on any atom is 0.234 e. The van der Waals surface area contributed by atoms with E-state index < -0.39 is 11.7 Å². The number of methoxy groups -OCH3 is 1. The Morgan fingerprint density at radius 3 is 2.58 bits per heavy atom. The van der Waals surface area contributed by atoms with Gasteiger partial charge in [0.25, 0.3) is 0 Å². The van der Waals surface area contributed by atoms with Gasteiger partial charge in [0.05, 0.1) is 18.0 Å². The maximum atomic E-state index is 13.2. The average molecular weight is 284 g/mol. The van der Waals surface area contributed by atoms with E-state index in [1.54, 1.807) is 0 Å². The predicted octanol–water partition coefficient (Wildman–Crippen LogP) is 2.33. The lowest BCUT2D eigenvalue weighted by atomic mass is 9.95. The standard InChI is InChI=1S/C13H17FN2O2S/c1-7(2)11(12(15)19)13(17)16-8-4-5-9(14)10(6-8)18-3/h4-7,11H,1-3H3,(H2,15,19)(H,16,17). The molecule has 1 unspecified atom stereocenters. The Morgan fingerprint density at radius 2 is 2.11 bits per heavy atom. The van der Waals surface area contributed by atoms with Crippen molar-refractivity contribution in [2.45, 2.75) is 13.8 Å². The number of hydrogen-bond donors (Lipinski definition) is 2. The second-order valence-electron chi connectivity index (χ2n) is 4.46. The summed E-state index contributed by atoms with van der Waals surface area (Å²) in [6, 6.07) is 4.08. The molecule has 19 heavy (non-hydrogen) atoms. The molecular formula is C13H17FN2O2S. The highest BCUT2D eigenvalue weighted by Gasteiger charge is 2.25. The van der Waals surface area contributed by atoms with E-state index in [1.165, 1.54) is 25.3 Å². The summed E-state index contributed by atoms with van der Waals surface area (Å²) >= 11 is 4.89. The average Bonchev–Trinajstić information content (AvgIpc) is 2.30. The molecule has 6 heteroatoms. The van der Waals surface area contributed by atoms with E-state index in [9.17, 15) is 9.18 Å². The van der Waals surface area contributed by atoms with Crippen LogP contribution in [0.2, 0.25) is 0 Å². The van der Waals surface area contributed by atoms with Crippen molar-refractivity contribution in [2.24, 2.45) is 17.6 Å². The third-order valence-corrected chi connectivity index (χ3v) is 2.93. The van der Waals surface area contributed by atoms with Gasteiger partial charge in [-0.3, -0.25) is 4.79 Å². The van der Waals surface area contributed by atoms with Crippen molar-refractivity contribution in [1.82, 2.24) is 0 Å². The van der Waals surface area contributed by atoms with Crippen LogP contribution in [0.5, 0.6) is 5.75 Å². The zero-order chi connectivity index (χ0) is 14.6. The van der Waals surface area contributed by atoms with E-state index in [0.29, 0.717) is 5.69 Å². The van der Waals surface area contributed by atoms with Gasteiger partial charge in [-0.15, -0.1) is 0 Å². The molecule has 0 aliphatic rings. The van der Waals surface area contributed by atoms with Crippen molar-refractivity contribution in [2.75, 3.05) is 12.4 Å². The molecule has 1 atom stereocenters. The van der Waals surface area contributed by atoms with Crippen LogP contribution in [-0.4, -0.2) is 18.0 Å². The summed E-state index contributed by atoms with van der Waals surface area (Å²) in [5.74, 6) is -1.31. The van der Waals surface area contributed by atoms with Gasteiger partial charge >= 0.3 is 0 Å². The topological polar surface area (TPSA) is 64.3 Å². The Hall–Kier alpha value is -1.69. The minimum absolute atomic E-state index is 0.0140. The van der Waals surface area contributed by atoms with Crippen molar-refractivity contribution in [3.63, 3.8) is 0 Å². The van der Waals surface area contributed by atoms with E-state index in [0.717, 1.165) is 0 Å². The number of nitrogens with two attached hydrogens (primary N) is 1. The van der Waals surface area contributed by atoms with Gasteiger partial charge in [-0.2, -0.15) is 0 Å². The van der Waals surface area contributed by atoms with Crippen molar-refractivity contribution in [3.05, 3.63) is 24.0 Å². The molecule has 1 aromatic rings. The fraction of sp³-hybridized carbons (Fsp3) is 0.385. The molecule has 104 valence electrons. The monoisotopic (exact) mass is 284 g/mol. The van der Waals surface area contributed by atoms with Crippen molar-refractivity contribution in [1.29, 1.82) is 0 Å². The van der Waals surface area contributed by atoms with Gasteiger partial charge in [0.2, 0.25) is 5.91 Å². The Morgan fingerprint density at radius 1 is 1.47 bits per heavy atom. The van der Waals surface area contributed by atoms with E-state index in [1.807, 2.05) is 13.8 Å². The molecule has 0 aliphatic heterocycles. The smallest absolute Gasteiger partial charge is 0.234 e. The number of carbonyl (C=O) groups is 1. The maximum absolute atomic E-state index is 13.2. The van der Waals surface area contributed by atoms with Crippen molar-refractivity contribution >= 4 is 28.8 Å². The zero-order valence-corrected chi connectivity index (χ0v) is 11.9. The molecular weight excluding hydrogens is 267 g/mol. The Labute approximate surface area is 117 Å². The van der Waals surface area contributed by atoms with Crippen LogP contribution >= 0.6 is 12.2 Å². The molecule has 3 N–H and O–H groups in total. The first-order chi connectivity index (χ1) is 8.86. The van der Waals surface area contributed by atoms with Crippen LogP contribution in [0.3, 0.4) is 0 Å². The van der Waals surface area contributed by atoms with Gasteiger partial charge in [0.15, 0.2) is 11.6 Å². The molecule has 0 saturated carbocycles. The Bertz CT molecular complexity index is 492. The largest absolute Gasteiger partial charge is 0.494 e. The van der Waals surface area contributed by atoms with Gasteiger partial charge in [0, 0.05) is 11.8 Å². The van der Waals surface area contributed by atoms with Gasteiger partial charge in [-0.1, -0.05) is 26.1 Å². The van der Waals surface area contributed by atoms with E-state index >= 15 is 0 Å². The molecule has 1 aromatic carbocycles. The lowest BCUT2D eigenvalue weighted by Crippen LogP contribution is -2.36. The Balaban J connectivity index is 2.90. The van der Waals surface area contributed by atoms with Crippen LogP contribution in [0.25, 0.3) is 0 Å². The molecule has 0 aliphatic carbocycles. The number of rotatable bonds is 5. The van der Waals surface area contributed by atoms with Crippen LogP contribution in [0.15, 0.2) is 18.2 Å². The van der Waals surface area contributed by atoms with Crippen molar-refractivity contribution < 1.29 is 13.9 Å².